The lowest BCUT2D eigenvalue weighted by Crippen LogP contribution is -2.20. The molecule has 1 aromatic rings. The zero-order valence-electron chi connectivity index (χ0n) is 11.3. The van der Waals surface area contributed by atoms with Gasteiger partial charge in [-0.3, -0.25) is 10.1 Å². The van der Waals surface area contributed by atoms with Crippen molar-refractivity contribution in [3.05, 3.63) is 33.9 Å². The Hall–Kier alpha value is -2.11. The third-order valence-electron chi connectivity index (χ3n) is 3.62. The molecule has 6 nitrogen and oxygen atoms in total. The van der Waals surface area contributed by atoms with Gasteiger partial charge in [-0.05, 0) is 30.9 Å². The summed E-state index contributed by atoms with van der Waals surface area (Å²) in [5, 5.41) is 23.3. The minimum Gasteiger partial charge on any atom is -0.477 e. The van der Waals surface area contributed by atoms with E-state index in [0.29, 0.717) is 11.6 Å². The van der Waals surface area contributed by atoms with Crippen LogP contribution in [-0.2, 0) is 0 Å². The number of nitro groups is 1. The fraction of sp³-hybridized carbons (Fsp3) is 0.500. The van der Waals surface area contributed by atoms with Crippen LogP contribution < -0.4 is 5.32 Å². The van der Waals surface area contributed by atoms with Crippen LogP contribution in [0.2, 0.25) is 0 Å². The van der Waals surface area contributed by atoms with Crippen molar-refractivity contribution < 1.29 is 14.8 Å². The summed E-state index contributed by atoms with van der Waals surface area (Å²) in [4.78, 5) is 21.6. The van der Waals surface area contributed by atoms with Crippen LogP contribution >= 0.6 is 0 Å². The minimum absolute atomic E-state index is 0.144. The molecule has 1 fully saturated rings. The highest BCUT2D eigenvalue weighted by atomic mass is 16.6. The molecule has 0 heterocycles. The predicted molar refractivity (Wildman–Crippen MR) is 75.1 cm³/mol. The highest BCUT2D eigenvalue weighted by Gasteiger charge is 2.28. The van der Waals surface area contributed by atoms with Gasteiger partial charge in [0.25, 0.3) is 0 Å². The van der Waals surface area contributed by atoms with Gasteiger partial charge >= 0.3 is 11.7 Å². The molecule has 0 radical (unpaired) electrons. The molecule has 1 aromatic carbocycles. The van der Waals surface area contributed by atoms with Gasteiger partial charge in [0, 0.05) is 6.04 Å². The number of rotatable bonds is 7. The highest BCUT2D eigenvalue weighted by Crippen LogP contribution is 2.36. The number of carbonyl (C=O) groups is 1. The Balaban J connectivity index is 2.27. The van der Waals surface area contributed by atoms with Crippen molar-refractivity contribution in [1.29, 1.82) is 0 Å². The summed E-state index contributed by atoms with van der Waals surface area (Å²) >= 11 is 0. The van der Waals surface area contributed by atoms with E-state index in [1.807, 2.05) is 6.92 Å². The van der Waals surface area contributed by atoms with Crippen molar-refractivity contribution in [3.63, 3.8) is 0 Å². The van der Waals surface area contributed by atoms with Gasteiger partial charge in [-0.25, -0.2) is 4.79 Å². The number of carboxylic acid groups (broad SMARTS) is 1. The van der Waals surface area contributed by atoms with Crippen LogP contribution in [0.1, 0.15) is 43.0 Å². The number of benzene rings is 1. The summed E-state index contributed by atoms with van der Waals surface area (Å²) in [6.45, 7) is 2.02. The lowest BCUT2D eigenvalue weighted by Gasteiger charge is -2.18. The fourth-order valence-corrected chi connectivity index (χ4v) is 2.33. The number of anilines is 1. The third-order valence-corrected chi connectivity index (χ3v) is 3.62. The molecule has 1 unspecified atom stereocenters. The van der Waals surface area contributed by atoms with E-state index in [0.717, 1.165) is 12.8 Å². The molecule has 108 valence electrons. The summed E-state index contributed by atoms with van der Waals surface area (Å²) in [6, 6.07) is 4.50. The Morgan fingerprint density at radius 1 is 1.55 bits per heavy atom. The van der Waals surface area contributed by atoms with E-state index in [-0.39, 0.29) is 17.3 Å². The van der Waals surface area contributed by atoms with E-state index in [9.17, 15) is 14.9 Å². The molecule has 0 spiro atoms. The molecule has 0 saturated heterocycles. The van der Waals surface area contributed by atoms with E-state index >= 15 is 0 Å². The summed E-state index contributed by atoms with van der Waals surface area (Å²) in [5.41, 5.74) is -0.335. The Labute approximate surface area is 117 Å². The Kier molecular flexibility index (Phi) is 4.22. The number of hydrogen-bond acceptors (Lipinski definition) is 4. The van der Waals surface area contributed by atoms with Gasteiger partial charge < -0.3 is 10.4 Å². The number of nitrogens with one attached hydrogen (secondary N) is 1. The van der Waals surface area contributed by atoms with Gasteiger partial charge in [0.15, 0.2) is 0 Å². The smallest absolute Gasteiger partial charge is 0.342 e. The number of para-hydroxylation sites is 1. The molecule has 0 bridgehead atoms. The van der Waals surface area contributed by atoms with Crippen LogP contribution in [0.3, 0.4) is 0 Å². The monoisotopic (exact) mass is 278 g/mol. The van der Waals surface area contributed by atoms with Gasteiger partial charge in [0.05, 0.1) is 4.92 Å². The summed E-state index contributed by atoms with van der Waals surface area (Å²) in [7, 11) is 0. The topological polar surface area (TPSA) is 92.5 Å². The van der Waals surface area contributed by atoms with Gasteiger partial charge in [0.2, 0.25) is 0 Å². The second kappa shape index (κ2) is 5.90. The number of aromatic carboxylic acids is 1. The third kappa shape index (κ3) is 3.26. The lowest BCUT2D eigenvalue weighted by molar-refractivity contribution is -0.384. The number of nitro benzene ring substituents is 1. The second-order valence-corrected chi connectivity index (χ2v) is 5.19. The predicted octanol–water partition coefficient (Wildman–Crippen LogP) is 3.28. The maximum Gasteiger partial charge on any atom is 0.342 e. The lowest BCUT2D eigenvalue weighted by atomic mass is 10.1. The van der Waals surface area contributed by atoms with Gasteiger partial charge in [-0.1, -0.05) is 25.8 Å². The zero-order valence-corrected chi connectivity index (χ0v) is 11.3. The minimum atomic E-state index is -1.28. The van der Waals surface area contributed by atoms with Crippen molar-refractivity contribution in [2.75, 3.05) is 5.32 Å². The van der Waals surface area contributed by atoms with Crippen LogP contribution in [0.5, 0.6) is 0 Å². The molecule has 20 heavy (non-hydrogen) atoms. The largest absolute Gasteiger partial charge is 0.477 e. The molecule has 2 rings (SSSR count). The molecule has 1 atom stereocenters. The molecule has 1 saturated carbocycles. The van der Waals surface area contributed by atoms with Crippen LogP contribution in [0.15, 0.2) is 18.2 Å². The normalized spacial score (nSPS) is 15.7. The highest BCUT2D eigenvalue weighted by molar-refractivity contribution is 5.95. The van der Waals surface area contributed by atoms with E-state index in [2.05, 4.69) is 5.32 Å². The molecule has 6 heteroatoms. The quantitative estimate of drug-likeness (QED) is 0.589. The standard InChI is InChI=1S/C14H18N2O4/c1-2-10(8-9-6-7-9)15-12-5-3-4-11(14(17)18)13(12)16(19)20/h3-5,9-10,15H,2,6-8H2,1H3,(H,17,18). The maximum atomic E-state index is 11.2. The Morgan fingerprint density at radius 3 is 2.75 bits per heavy atom. The molecule has 1 aliphatic rings. The number of hydrogen-bond donors (Lipinski definition) is 2. The summed E-state index contributed by atoms with van der Waals surface area (Å²) < 4.78 is 0. The van der Waals surface area contributed by atoms with Gasteiger partial charge in [0.1, 0.15) is 11.3 Å². The van der Waals surface area contributed by atoms with Gasteiger partial charge in [-0.15, -0.1) is 0 Å². The summed E-state index contributed by atoms with van der Waals surface area (Å²) in [6.07, 6.45) is 4.26. The van der Waals surface area contributed by atoms with E-state index < -0.39 is 10.9 Å². The molecule has 0 aromatic heterocycles. The van der Waals surface area contributed by atoms with E-state index in [1.54, 1.807) is 6.07 Å². The van der Waals surface area contributed by atoms with Crippen molar-refractivity contribution in [2.45, 2.75) is 38.6 Å². The first kappa shape index (κ1) is 14.3. The molecular formula is C14H18N2O4. The Morgan fingerprint density at radius 2 is 2.25 bits per heavy atom. The van der Waals surface area contributed by atoms with Crippen LogP contribution in [0.25, 0.3) is 0 Å². The molecular weight excluding hydrogens is 260 g/mol. The Bertz CT molecular complexity index is 526. The van der Waals surface area contributed by atoms with Crippen LogP contribution in [0, 0.1) is 16.0 Å². The first-order valence-corrected chi connectivity index (χ1v) is 6.80. The van der Waals surface area contributed by atoms with Crippen molar-refractivity contribution in [2.24, 2.45) is 5.92 Å². The SMILES string of the molecule is CCC(CC1CC1)Nc1cccc(C(=O)O)c1[N+](=O)[O-]. The zero-order chi connectivity index (χ0) is 14.7. The van der Waals surface area contributed by atoms with E-state index in [4.69, 9.17) is 5.11 Å². The second-order valence-electron chi connectivity index (χ2n) is 5.19. The summed E-state index contributed by atoms with van der Waals surface area (Å²) in [5.74, 6) is -0.579. The molecule has 0 amide bonds. The van der Waals surface area contributed by atoms with Crippen molar-refractivity contribution >= 4 is 17.3 Å². The van der Waals surface area contributed by atoms with Crippen molar-refractivity contribution in [1.82, 2.24) is 0 Å². The van der Waals surface area contributed by atoms with E-state index in [1.165, 1.54) is 25.0 Å². The average molecular weight is 278 g/mol. The number of nitrogens with zero attached hydrogens (tertiary/aromatic N) is 1. The molecule has 1 aliphatic carbocycles. The van der Waals surface area contributed by atoms with Gasteiger partial charge in [-0.2, -0.15) is 0 Å². The molecule has 2 N–H and O–H groups in total. The first-order valence-electron chi connectivity index (χ1n) is 6.80. The van der Waals surface area contributed by atoms with Crippen molar-refractivity contribution in [3.8, 4) is 0 Å². The molecule has 0 aliphatic heterocycles. The number of carboxylic acids is 1. The fourth-order valence-electron chi connectivity index (χ4n) is 2.33. The van der Waals surface area contributed by atoms with Crippen LogP contribution in [0.4, 0.5) is 11.4 Å². The average Bonchev–Trinajstić information content (AvgIpc) is 3.21. The van der Waals surface area contributed by atoms with Crippen LogP contribution in [-0.4, -0.2) is 22.0 Å². The maximum absolute atomic E-state index is 11.2. The first-order chi connectivity index (χ1) is 9.52.